The van der Waals surface area contributed by atoms with Crippen LogP contribution in [0.25, 0.3) is 11.3 Å². The SMILES string of the molecule is CCn1cc(-c2cccc(C(=O)Nc3cc(N4CCC(C(C)(C)O)C4)cnc3C(F)(F)F)n2)cn1. The number of nitrogens with zero attached hydrogens (tertiary/aromatic N) is 5. The molecule has 1 atom stereocenters. The van der Waals surface area contributed by atoms with Crippen LogP contribution in [0.4, 0.5) is 24.5 Å². The minimum Gasteiger partial charge on any atom is -0.390 e. The number of nitrogens with one attached hydrogen (secondary N) is 1. The quantitative estimate of drug-likeness (QED) is 0.539. The summed E-state index contributed by atoms with van der Waals surface area (Å²) in [5, 5.41) is 16.8. The van der Waals surface area contributed by atoms with E-state index in [1.807, 2.05) is 11.8 Å². The van der Waals surface area contributed by atoms with Crippen LogP contribution in [-0.4, -0.2) is 49.5 Å². The van der Waals surface area contributed by atoms with Gasteiger partial charge in [0.1, 0.15) is 5.69 Å². The predicted octanol–water partition coefficient (Wildman–Crippen LogP) is 4.23. The minimum absolute atomic E-state index is 0.0338. The summed E-state index contributed by atoms with van der Waals surface area (Å²) >= 11 is 0. The van der Waals surface area contributed by atoms with Gasteiger partial charge in [0.15, 0.2) is 5.69 Å². The second-order valence-electron chi connectivity index (χ2n) is 9.12. The lowest BCUT2D eigenvalue weighted by atomic mass is 9.90. The zero-order valence-electron chi connectivity index (χ0n) is 19.7. The van der Waals surface area contributed by atoms with Crippen LogP contribution in [0.3, 0.4) is 0 Å². The number of aryl methyl sites for hydroxylation is 1. The predicted molar refractivity (Wildman–Crippen MR) is 125 cm³/mol. The summed E-state index contributed by atoms with van der Waals surface area (Å²) in [6.07, 6.45) is 0.467. The van der Waals surface area contributed by atoms with Crippen molar-refractivity contribution in [3.63, 3.8) is 0 Å². The highest BCUT2D eigenvalue weighted by atomic mass is 19.4. The molecule has 3 aromatic rings. The van der Waals surface area contributed by atoms with E-state index in [4.69, 9.17) is 0 Å². The van der Waals surface area contributed by atoms with Gasteiger partial charge in [-0.2, -0.15) is 18.3 Å². The van der Waals surface area contributed by atoms with Gasteiger partial charge in [-0.25, -0.2) is 9.97 Å². The Morgan fingerprint density at radius 3 is 2.66 bits per heavy atom. The van der Waals surface area contributed by atoms with Gasteiger partial charge in [0.2, 0.25) is 0 Å². The second-order valence-corrected chi connectivity index (χ2v) is 9.12. The number of pyridine rings is 2. The third-order valence-electron chi connectivity index (χ3n) is 6.18. The van der Waals surface area contributed by atoms with Crippen LogP contribution in [0, 0.1) is 5.92 Å². The Hall–Kier alpha value is -3.47. The maximum Gasteiger partial charge on any atom is 0.435 e. The molecule has 0 aromatic carbocycles. The molecule has 1 fully saturated rings. The lowest BCUT2D eigenvalue weighted by Crippen LogP contribution is -2.33. The third-order valence-corrected chi connectivity index (χ3v) is 6.18. The molecule has 1 saturated heterocycles. The van der Waals surface area contributed by atoms with Gasteiger partial charge in [0.05, 0.1) is 35.1 Å². The van der Waals surface area contributed by atoms with Gasteiger partial charge in [0, 0.05) is 37.3 Å². The van der Waals surface area contributed by atoms with Gasteiger partial charge in [-0.3, -0.25) is 9.48 Å². The van der Waals surface area contributed by atoms with Crippen molar-refractivity contribution >= 4 is 17.3 Å². The topological polar surface area (TPSA) is 96.2 Å². The van der Waals surface area contributed by atoms with E-state index in [0.29, 0.717) is 43.0 Å². The number of amides is 1. The molecule has 1 aliphatic heterocycles. The molecular weight excluding hydrogens is 461 g/mol. The first-order valence-corrected chi connectivity index (χ1v) is 11.3. The first kappa shape index (κ1) is 24.6. The van der Waals surface area contributed by atoms with E-state index in [-0.39, 0.29) is 11.6 Å². The lowest BCUT2D eigenvalue weighted by molar-refractivity contribution is -0.140. The highest BCUT2D eigenvalue weighted by molar-refractivity contribution is 6.03. The van der Waals surface area contributed by atoms with Gasteiger partial charge >= 0.3 is 6.18 Å². The monoisotopic (exact) mass is 488 g/mol. The highest BCUT2D eigenvalue weighted by Gasteiger charge is 2.38. The fourth-order valence-corrected chi connectivity index (χ4v) is 4.10. The fourth-order valence-electron chi connectivity index (χ4n) is 4.10. The molecule has 4 rings (SSSR count). The number of anilines is 2. The van der Waals surface area contributed by atoms with E-state index in [9.17, 15) is 23.1 Å². The normalized spacial score (nSPS) is 16.5. The number of carbonyl (C=O) groups is 1. The molecule has 3 aromatic heterocycles. The first-order valence-electron chi connectivity index (χ1n) is 11.3. The molecule has 1 aliphatic rings. The van der Waals surface area contributed by atoms with Crippen LogP contribution in [0.15, 0.2) is 42.9 Å². The molecule has 8 nitrogen and oxygen atoms in total. The summed E-state index contributed by atoms with van der Waals surface area (Å²) in [7, 11) is 0. The Morgan fingerprint density at radius 1 is 1.26 bits per heavy atom. The Balaban J connectivity index is 1.61. The summed E-state index contributed by atoms with van der Waals surface area (Å²) < 4.78 is 42.7. The Kier molecular flexibility index (Phi) is 6.54. The summed E-state index contributed by atoms with van der Waals surface area (Å²) in [5.74, 6) is -0.818. The molecule has 186 valence electrons. The maximum absolute atomic E-state index is 13.7. The molecule has 0 aliphatic carbocycles. The van der Waals surface area contributed by atoms with Crippen molar-refractivity contribution in [3.05, 3.63) is 54.2 Å². The number of aromatic nitrogens is 4. The van der Waals surface area contributed by atoms with E-state index >= 15 is 0 Å². The molecule has 11 heteroatoms. The van der Waals surface area contributed by atoms with Gasteiger partial charge in [-0.1, -0.05) is 6.07 Å². The summed E-state index contributed by atoms with van der Waals surface area (Å²) in [6, 6.07) is 6.02. The zero-order valence-corrected chi connectivity index (χ0v) is 19.7. The number of carbonyl (C=O) groups excluding carboxylic acids is 1. The molecular formula is C24H27F3N6O2. The second kappa shape index (κ2) is 9.29. The van der Waals surface area contributed by atoms with E-state index in [1.165, 1.54) is 12.1 Å². The zero-order chi connectivity index (χ0) is 25.4. The summed E-state index contributed by atoms with van der Waals surface area (Å²) in [5.41, 5.74) is -0.963. The largest absolute Gasteiger partial charge is 0.435 e. The van der Waals surface area contributed by atoms with Gasteiger partial charge < -0.3 is 15.3 Å². The number of alkyl halides is 3. The van der Waals surface area contributed by atoms with Crippen LogP contribution >= 0.6 is 0 Å². The molecule has 1 unspecified atom stereocenters. The summed E-state index contributed by atoms with van der Waals surface area (Å²) in [4.78, 5) is 22.7. The number of hydrogen-bond acceptors (Lipinski definition) is 6. The molecule has 4 heterocycles. The van der Waals surface area contributed by atoms with Crippen molar-refractivity contribution in [1.82, 2.24) is 19.7 Å². The van der Waals surface area contributed by atoms with Crippen LogP contribution < -0.4 is 10.2 Å². The Labute approximate surface area is 200 Å². The van der Waals surface area contributed by atoms with E-state index < -0.39 is 29.1 Å². The number of rotatable bonds is 6. The lowest BCUT2D eigenvalue weighted by Gasteiger charge is -2.26. The molecule has 0 saturated carbocycles. The average molecular weight is 489 g/mol. The fraction of sp³-hybridized carbons (Fsp3) is 0.417. The van der Waals surface area contributed by atoms with Gasteiger partial charge in [0.25, 0.3) is 5.91 Å². The molecule has 0 radical (unpaired) electrons. The van der Waals surface area contributed by atoms with E-state index in [1.54, 1.807) is 43.1 Å². The third kappa shape index (κ3) is 5.45. The Morgan fingerprint density at radius 2 is 2.03 bits per heavy atom. The van der Waals surface area contributed by atoms with E-state index in [0.717, 1.165) is 6.20 Å². The van der Waals surface area contributed by atoms with Crippen LogP contribution in [0.2, 0.25) is 0 Å². The smallest absolute Gasteiger partial charge is 0.390 e. The average Bonchev–Trinajstić information content (AvgIpc) is 3.48. The van der Waals surface area contributed by atoms with Gasteiger partial charge in [-0.15, -0.1) is 0 Å². The Bertz CT molecular complexity index is 1220. The number of halogens is 3. The standard InChI is InChI=1S/C24H27F3N6O2/c1-4-33-13-15(11-29-33)18-6-5-7-19(30-18)22(34)31-20-10-17(12-28-21(20)24(25,26)27)32-9-8-16(14-32)23(2,3)35/h5-7,10-13,16,35H,4,8-9,14H2,1-3H3,(H,31,34). The van der Waals surface area contributed by atoms with Crippen LogP contribution in [0.1, 0.15) is 43.4 Å². The summed E-state index contributed by atoms with van der Waals surface area (Å²) in [6.45, 7) is 7.06. The highest BCUT2D eigenvalue weighted by Crippen LogP contribution is 2.37. The minimum atomic E-state index is -4.76. The maximum atomic E-state index is 13.7. The van der Waals surface area contributed by atoms with Crippen LogP contribution in [-0.2, 0) is 12.7 Å². The molecule has 0 bridgehead atoms. The van der Waals surface area contributed by atoms with Crippen LogP contribution in [0.5, 0.6) is 0 Å². The molecule has 1 amide bonds. The van der Waals surface area contributed by atoms with Crippen molar-refractivity contribution < 1.29 is 23.1 Å². The van der Waals surface area contributed by atoms with Crippen molar-refractivity contribution in [3.8, 4) is 11.3 Å². The molecule has 0 spiro atoms. The molecule has 35 heavy (non-hydrogen) atoms. The van der Waals surface area contributed by atoms with Crippen molar-refractivity contribution in [2.45, 2.75) is 45.5 Å². The van der Waals surface area contributed by atoms with Crippen molar-refractivity contribution in [2.24, 2.45) is 5.92 Å². The number of hydrogen-bond donors (Lipinski definition) is 2. The van der Waals surface area contributed by atoms with E-state index in [2.05, 4.69) is 20.4 Å². The first-order chi connectivity index (χ1) is 16.5. The van der Waals surface area contributed by atoms with Crippen molar-refractivity contribution in [1.29, 1.82) is 0 Å². The molecule has 2 N–H and O–H groups in total. The van der Waals surface area contributed by atoms with Gasteiger partial charge in [-0.05, 0) is 45.4 Å². The van der Waals surface area contributed by atoms with Crippen molar-refractivity contribution in [2.75, 3.05) is 23.3 Å². The number of aliphatic hydroxyl groups is 1.